The Morgan fingerprint density at radius 2 is 1.87 bits per heavy atom. The van der Waals surface area contributed by atoms with Gasteiger partial charge in [0.1, 0.15) is 18.0 Å². The molecule has 2 aromatic carbocycles. The summed E-state index contributed by atoms with van der Waals surface area (Å²) >= 11 is 1.37. The molecule has 12 heteroatoms. The average Bonchev–Trinajstić information content (AvgIpc) is 3.29. The average molecular weight is 446 g/mol. The van der Waals surface area contributed by atoms with E-state index >= 15 is 0 Å². The Morgan fingerprint density at radius 1 is 1.16 bits per heavy atom. The Morgan fingerprint density at radius 3 is 2.48 bits per heavy atom. The molecule has 0 spiro atoms. The maximum atomic E-state index is 13.0. The minimum atomic E-state index is -0.952. The molecule has 0 saturated heterocycles. The van der Waals surface area contributed by atoms with Gasteiger partial charge < -0.3 is 9.47 Å². The highest BCUT2D eigenvalue weighted by molar-refractivity contribution is 7.07. The van der Waals surface area contributed by atoms with Crippen molar-refractivity contribution in [1.29, 1.82) is 0 Å². The highest BCUT2D eigenvalue weighted by Gasteiger charge is 2.25. The smallest absolute Gasteiger partial charge is 0.286 e. The molecule has 0 atom stereocenters. The number of carbonyl (C=O) groups is 2. The highest BCUT2D eigenvalue weighted by atomic mass is 32.1. The van der Waals surface area contributed by atoms with Crippen molar-refractivity contribution in [3.8, 4) is 11.5 Å². The number of methoxy groups -OCH3 is 1. The molecule has 2 amide bonds. The van der Waals surface area contributed by atoms with E-state index in [-0.39, 0.29) is 29.2 Å². The van der Waals surface area contributed by atoms with Gasteiger partial charge in [0, 0.05) is 17.0 Å². The summed E-state index contributed by atoms with van der Waals surface area (Å²) in [6.07, 6.45) is 0. The summed E-state index contributed by atoms with van der Waals surface area (Å²) < 4.78 is 23.7. The van der Waals surface area contributed by atoms with Gasteiger partial charge in [-0.2, -0.15) is 0 Å². The van der Waals surface area contributed by atoms with E-state index in [0.29, 0.717) is 5.69 Å². The third-order valence-corrected chi connectivity index (χ3v) is 4.61. The number of nitrogens with zero attached hydrogens (tertiary/aromatic N) is 2. The van der Waals surface area contributed by atoms with Crippen LogP contribution in [0.25, 0.3) is 0 Å². The molecule has 160 valence electrons. The fourth-order valence-electron chi connectivity index (χ4n) is 2.47. The van der Waals surface area contributed by atoms with Crippen LogP contribution >= 0.6 is 11.3 Å². The second kappa shape index (κ2) is 9.63. The van der Waals surface area contributed by atoms with E-state index in [9.17, 15) is 24.1 Å². The third kappa shape index (κ3) is 5.30. The lowest BCUT2D eigenvalue weighted by molar-refractivity contribution is -0.385. The van der Waals surface area contributed by atoms with Crippen LogP contribution in [0.3, 0.4) is 0 Å². The monoisotopic (exact) mass is 446 g/mol. The number of nitrogens with one attached hydrogen (secondary N) is 2. The van der Waals surface area contributed by atoms with Crippen LogP contribution in [-0.2, 0) is 6.61 Å². The molecule has 0 radical (unpaired) electrons. The van der Waals surface area contributed by atoms with Crippen molar-refractivity contribution in [3.63, 3.8) is 0 Å². The fraction of sp³-hybridized carbons (Fsp3) is 0.105. The molecule has 0 aliphatic heterocycles. The number of thiazole rings is 1. The summed E-state index contributed by atoms with van der Waals surface area (Å²) in [6, 6.07) is 6.79. The standard InChI is InChI=1S/C19H15FN4O6S/c1-29-16-6-14(19(26)23-22-18(25)11-2-4-12(20)5-3-11)15(24(27)28)7-17(16)30-8-13-9-31-10-21-13/h2-7,9-10H,8H2,1H3,(H,22,25)(H,23,26). The minimum Gasteiger partial charge on any atom is -0.493 e. The van der Waals surface area contributed by atoms with E-state index in [1.54, 1.807) is 10.9 Å². The molecule has 0 unspecified atom stereocenters. The number of ether oxygens (including phenoxy) is 2. The van der Waals surface area contributed by atoms with E-state index in [2.05, 4.69) is 15.8 Å². The zero-order valence-corrected chi connectivity index (χ0v) is 16.8. The van der Waals surface area contributed by atoms with Crippen LogP contribution in [0.5, 0.6) is 11.5 Å². The molecule has 0 saturated carbocycles. The van der Waals surface area contributed by atoms with E-state index in [4.69, 9.17) is 9.47 Å². The molecule has 3 aromatic rings. The lowest BCUT2D eigenvalue weighted by Crippen LogP contribution is -2.41. The molecule has 31 heavy (non-hydrogen) atoms. The first-order chi connectivity index (χ1) is 14.9. The zero-order chi connectivity index (χ0) is 22.4. The van der Waals surface area contributed by atoms with Crippen molar-refractivity contribution >= 4 is 28.8 Å². The second-order valence-electron chi connectivity index (χ2n) is 5.96. The number of halogens is 1. The number of hydrazine groups is 1. The first-order valence-electron chi connectivity index (χ1n) is 8.61. The molecular weight excluding hydrogens is 431 g/mol. The molecule has 0 fully saturated rings. The second-order valence-corrected chi connectivity index (χ2v) is 6.68. The summed E-state index contributed by atoms with van der Waals surface area (Å²) in [6.45, 7) is 0.0519. The van der Waals surface area contributed by atoms with E-state index in [0.717, 1.165) is 24.3 Å². The maximum absolute atomic E-state index is 13.0. The van der Waals surface area contributed by atoms with Crippen LogP contribution in [0.2, 0.25) is 0 Å². The van der Waals surface area contributed by atoms with Crippen LogP contribution in [0, 0.1) is 15.9 Å². The molecule has 1 aromatic heterocycles. The third-order valence-electron chi connectivity index (χ3n) is 3.98. The Labute approximate surface area is 178 Å². The fourth-order valence-corrected chi connectivity index (χ4v) is 3.01. The summed E-state index contributed by atoms with van der Waals surface area (Å²) in [4.78, 5) is 39.3. The first-order valence-corrected chi connectivity index (χ1v) is 9.56. The van der Waals surface area contributed by atoms with Gasteiger partial charge in [-0.1, -0.05) is 0 Å². The molecule has 3 rings (SSSR count). The number of nitro groups is 1. The van der Waals surface area contributed by atoms with Crippen molar-refractivity contribution in [2.24, 2.45) is 0 Å². The number of benzene rings is 2. The van der Waals surface area contributed by atoms with Gasteiger partial charge in [0.15, 0.2) is 11.5 Å². The van der Waals surface area contributed by atoms with Gasteiger partial charge in [-0.25, -0.2) is 9.37 Å². The topological polar surface area (TPSA) is 133 Å². The van der Waals surface area contributed by atoms with Crippen molar-refractivity contribution in [3.05, 3.63) is 80.0 Å². The Balaban J connectivity index is 1.78. The molecular formula is C19H15FN4O6S. The van der Waals surface area contributed by atoms with Crippen LogP contribution in [0.1, 0.15) is 26.4 Å². The van der Waals surface area contributed by atoms with Crippen molar-refractivity contribution in [2.45, 2.75) is 6.61 Å². The molecule has 10 nitrogen and oxygen atoms in total. The molecule has 2 N–H and O–H groups in total. The largest absolute Gasteiger partial charge is 0.493 e. The highest BCUT2D eigenvalue weighted by Crippen LogP contribution is 2.35. The van der Waals surface area contributed by atoms with E-state index in [1.165, 1.54) is 30.6 Å². The number of hydrogen-bond donors (Lipinski definition) is 2. The molecule has 1 heterocycles. The van der Waals surface area contributed by atoms with Gasteiger partial charge in [0.25, 0.3) is 17.5 Å². The zero-order valence-electron chi connectivity index (χ0n) is 16.0. The van der Waals surface area contributed by atoms with Crippen LogP contribution in [0.15, 0.2) is 47.3 Å². The normalized spacial score (nSPS) is 10.3. The number of amides is 2. The van der Waals surface area contributed by atoms with Gasteiger partial charge in [0.05, 0.1) is 29.3 Å². The lowest BCUT2D eigenvalue weighted by Gasteiger charge is -2.13. The summed E-state index contributed by atoms with van der Waals surface area (Å²) in [5.41, 5.74) is 5.62. The Bertz CT molecular complexity index is 1110. The molecule has 0 aliphatic rings. The molecule has 0 aliphatic carbocycles. The van der Waals surface area contributed by atoms with Crippen molar-refractivity contribution in [2.75, 3.05) is 7.11 Å². The van der Waals surface area contributed by atoms with Gasteiger partial charge in [0.2, 0.25) is 0 Å². The molecule has 0 bridgehead atoms. The van der Waals surface area contributed by atoms with Crippen LogP contribution in [0.4, 0.5) is 10.1 Å². The van der Waals surface area contributed by atoms with Gasteiger partial charge in [-0.15, -0.1) is 11.3 Å². The van der Waals surface area contributed by atoms with Crippen molar-refractivity contribution in [1.82, 2.24) is 15.8 Å². The number of nitro benzene ring substituents is 1. The van der Waals surface area contributed by atoms with Gasteiger partial charge in [-0.05, 0) is 24.3 Å². The number of aromatic nitrogens is 1. The summed E-state index contributed by atoms with van der Waals surface area (Å²) in [5.74, 6) is -2.08. The van der Waals surface area contributed by atoms with E-state index < -0.39 is 28.2 Å². The summed E-state index contributed by atoms with van der Waals surface area (Å²) in [5, 5.41) is 13.3. The predicted molar refractivity (Wildman–Crippen MR) is 107 cm³/mol. The minimum absolute atomic E-state index is 0.0501. The number of hydrogen-bond acceptors (Lipinski definition) is 8. The van der Waals surface area contributed by atoms with Gasteiger partial charge >= 0.3 is 0 Å². The van der Waals surface area contributed by atoms with Gasteiger partial charge in [-0.3, -0.25) is 30.6 Å². The Hall–Kier alpha value is -4.06. The van der Waals surface area contributed by atoms with Crippen LogP contribution in [-0.4, -0.2) is 28.8 Å². The predicted octanol–water partition coefficient (Wildman–Crippen LogP) is 2.85. The number of carbonyl (C=O) groups excluding carboxylic acids is 2. The maximum Gasteiger partial charge on any atom is 0.286 e. The number of rotatable bonds is 7. The van der Waals surface area contributed by atoms with Crippen LogP contribution < -0.4 is 20.3 Å². The lowest BCUT2D eigenvalue weighted by atomic mass is 10.1. The SMILES string of the molecule is COc1cc(C(=O)NNC(=O)c2ccc(F)cc2)c([N+](=O)[O-])cc1OCc1cscn1. The summed E-state index contributed by atoms with van der Waals surface area (Å²) in [7, 11) is 1.31. The van der Waals surface area contributed by atoms with E-state index in [1.807, 2.05) is 0 Å². The first kappa shape index (κ1) is 21.6. The quantitative estimate of drug-likeness (QED) is 0.421. The van der Waals surface area contributed by atoms with Crippen molar-refractivity contribution < 1.29 is 28.4 Å². The Kier molecular flexibility index (Phi) is 6.72.